The van der Waals surface area contributed by atoms with Gasteiger partial charge in [0.15, 0.2) is 11.5 Å². The molecule has 0 heterocycles. The normalized spacial score (nSPS) is 10.3. The average Bonchev–Trinajstić information content (AvgIpc) is 3.29. The van der Waals surface area contributed by atoms with Gasteiger partial charge in [0.1, 0.15) is 0 Å². The van der Waals surface area contributed by atoms with E-state index in [1.165, 1.54) is 59.4 Å². The number of nitro groups is 1. The monoisotopic (exact) mass is 863 g/mol. The number of rotatable bonds is 18. The zero-order chi connectivity index (χ0) is 45.0. The predicted octanol–water partition coefficient (Wildman–Crippen LogP) is 7.09. The average molecular weight is 864 g/mol. The van der Waals surface area contributed by atoms with Crippen LogP contribution in [0.2, 0.25) is 0 Å². The highest BCUT2D eigenvalue weighted by molar-refractivity contribution is 7.80. The molecule has 334 valence electrons. The highest BCUT2D eigenvalue weighted by atomic mass is 31.1. The van der Waals surface area contributed by atoms with Gasteiger partial charge in [0.2, 0.25) is 11.8 Å². The van der Waals surface area contributed by atoms with Crippen molar-refractivity contribution in [1.82, 2.24) is 16.0 Å². The van der Waals surface area contributed by atoms with Crippen LogP contribution in [0.5, 0.6) is 11.5 Å². The second-order valence-electron chi connectivity index (χ2n) is 12.5. The Bertz CT molecular complexity index is 1890. The summed E-state index contributed by atoms with van der Waals surface area (Å²) in [6.07, 6.45) is 3.24. The van der Waals surface area contributed by atoms with Gasteiger partial charge in [0.05, 0.1) is 49.0 Å². The van der Waals surface area contributed by atoms with Crippen molar-refractivity contribution < 1.29 is 38.3 Å². The maximum absolute atomic E-state index is 13.8. The summed E-state index contributed by atoms with van der Waals surface area (Å²) in [6, 6.07) is 26.0. The lowest BCUT2D eigenvalue weighted by molar-refractivity contribution is -0.385. The summed E-state index contributed by atoms with van der Waals surface area (Å²) in [5.41, 5.74) is 4.96. The van der Waals surface area contributed by atoms with E-state index in [4.69, 9.17) is 14.2 Å². The summed E-state index contributed by atoms with van der Waals surface area (Å²) in [5, 5.41) is 22.8. The van der Waals surface area contributed by atoms with Crippen LogP contribution < -0.4 is 47.1 Å². The van der Waals surface area contributed by atoms with Crippen LogP contribution in [-0.2, 0) is 14.3 Å². The summed E-state index contributed by atoms with van der Waals surface area (Å²) in [4.78, 5) is 61.8. The molecule has 15 heteroatoms. The Balaban J connectivity index is 0.00000372. The first-order valence-electron chi connectivity index (χ1n) is 20.0. The van der Waals surface area contributed by atoms with Crippen molar-refractivity contribution in [3.63, 3.8) is 0 Å². The SMILES string of the molecule is C.CC.CCCC.CN.CNC(=O)CCNC(=O)CCCOc1cc([N+](=O)[O-])c(C(C)NC(=O)c2ccc(C(=O)OC)c(P(c3ccccc3)c3ccccc3)c2)cc1OC. The number of nitro benzene ring substituents is 1. The third kappa shape index (κ3) is 17.7. The number of hydrogen-bond acceptors (Lipinski definition) is 10. The Morgan fingerprint density at radius 2 is 1.39 bits per heavy atom. The van der Waals surface area contributed by atoms with Crippen LogP contribution in [0.15, 0.2) is 91.0 Å². The van der Waals surface area contributed by atoms with Gasteiger partial charge < -0.3 is 35.9 Å². The first kappa shape index (κ1) is 55.2. The first-order chi connectivity index (χ1) is 29.0. The Kier molecular flexibility index (Phi) is 28.1. The molecule has 3 amide bonds. The van der Waals surface area contributed by atoms with Gasteiger partial charge in [-0.15, -0.1) is 0 Å². The molecule has 1 atom stereocenters. The van der Waals surface area contributed by atoms with E-state index < -0.39 is 30.8 Å². The van der Waals surface area contributed by atoms with Crippen LogP contribution in [-0.4, -0.2) is 70.1 Å². The highest BCUT2D eigenvalue weighted by Gasteiger charge is 2.28. The van der Waals surface area contributed by atoms with E-state index in [0.29, 0.717) is 17.3 Å². The van der Waals surface area contributed by atoms with Gasteiger partial charge in [-0.3, -0.25) is 24.5 Å². The van der Waals surface area contributed by atoms with E-state index in [-0.39, 0.29) is 73.5 Å². The molecule has 14 nitrogen and oxygen atoms in total. The molecule has 0 aliphatic carbocycles. The van der Waals surface area contributed by atoms with Gasteiger partial charge in [-0.1, -0.05) is 109 Å². The number of amides is 3. The van der Waals surface area contributed by atoms with E-state index in [0.717, 1.165) is 10.6 Å². The second kappa shape index (κ2) is 31.1. The molecule has 61 heavy (non-hydrogen) atoms. The third-order valence-electron chi connectivity index (χ3n) is 8.52. The molecule has 4 aromatic carbocycles. The Hall–Kier alpha value is -5.85. The lowest BCUT2D eigenvalue weighted by Crippen LogP contribution is -2.30. The predicted molar refractivity (Wildman–Crippen MR) is 247 cm³/mol. The molecule has 0 radical (unpaired) electrons. The molecule has 0 saturated carbocycles. The van der Waals surface area contributed by atoms with Crippen molar-refractivity contribution in [1.29, 1.82) is 0 Å². The molecular weight excluding hydrogens is 798 g/mol. The lowest BCUT2D eigenvalue weighted by atomic mass is 10.0. The zero-order valence-electron chi connectivity index (χ0n) is 36.3. The number of nitrogens with two attached hydrogens (primary N) is 1. The number of benzene rings is 4. The topological polar surface area (TPSA) is 201 Å². The van der Waals surface area contributed by atoms with Crippen LogP contribution >= 0.6 is 7.92 Å². The standard InChI is InChI=1S/C38H41N4O9P.C4H10.C2H6.CH5N.CH4/c1-25(30-23-32(49-3)33(24-31(30)42(47)48)51-21-11-16-36(44)40-20-19-35(43)39-2)41-37(45)26-17-18-29(38(46)50-4)34(22-26)52(27-12-7-5-8-13-27)28-14-9-6-10-15-28;1-3-4-2;2*1-2;/h5-10,12-15,17-18,22-25H,11,16,19-21H2,1-4H3,(H,39,43)(H,40,44)(H,41,45);3-4H2,1-2H3;1-2H3;2H2,1H3;1H4. The minimum atomic E-state index is -1.29. The number of nitrogens with one attached hydrogen (secondary N) is 3. The van der Waals surface area contributed by atoms with Gasteiger partial charge >= 0.3 is 5.97 Å². The molecule has 0 bridgehead atoms. The molecule has 0 aliphatic heterocycles. The minimum Gasteiger partial charge on any atom is -0.493 e. The van der Waals surface area contributed by atoms with Crippen molar-refractivity contribution in [3.05, 3.63) is 118 Å². The molecule has 5 N–H and O–H groups in total. The molecule has 0 aromatic heterocycles. The Morgan fingerprint density at radius 1 is 0.820 bits per heavy atom. The molecular formula is C46H66N5O9P. The number of hydrogen-bond donors (Lipinski definition) is 4. The summed E-state index contributed by atoms with van der Waals surface area (Å²) >= 11 is 0. The van der Waals surface area contributed by atoms with Crippen LogP contribution in [0.4, 0.5) is 5.69 Å². The number of esters is 1. The number of ether oxygens (including phenoxy) is 3. The quantitative estimate of drug-likeness (QED) is 0.0263. The van der Waals surface area contributed by atoms with Crippen LogP contribution in [0.3, 0.4) is 0 Å². The van der Waals surface area contributed by atoms with Crippen molar-refractivity contribution in [3.8, 4) is 11.5 Å². The van der Waals surface area contributed by atoms with Crippen molar-refractivity contribution in [2.45, 2.75) is 80.2 Å². The number of unbranched alkanes of at least 4 members (excludes halogenated alkanes) is 1. The van der Waals surface area contributed by atoms with E-state index >= 15 is 0 Å². The van der Waals surface area contributed by atoms with E-state index in [2.05, 4.69) is 35.5 Å². The summed E-state index contributed by atoms with van der Waals surface area (Å²) in [7, 11) is 4.42. The van der Waals surface area contributed by atoms with Gasteiger partial charge in [-0.2, -0.15) is 0 Å². The van der Waals surface area contributed by atoms with Crippen molar-refractivity contribution in [2.24, 2.45) is 5.73 Å². The maximum Gasteiger partial charge on any atom is 0.338 e. The van der Waals surface area contributed by atoms with Gasteiger partial charge in [0, 0.05) is 37.3 Å². The fourth-order valence-electron chi connectivity index (χ4n) is 5.37. The molecule has 0 aliphatic rings. The lowest BCUT2D eigenvalue weighted by Gasteiger charge is -2.23. The number of carbonyl (C=O) groups excluding carboxylic acids is 4. The van der Waals surface area contributed by atoms with Gasteiger partial charge in [-0.05, 0) is 63.2 Å². The molecule has 0 fully saturated rings. The molecule has 0 spiro atoms. The number of nitrogens with zero attached hydrogens (tertiary/aromatic N) is 1. The first-order valence-corrected chi connectivity index (χ1v) is 21.3. The number of carbonyl (C=O) groups is 4. The largest absolute Gasteiger partial charge is 0.493 e. The van der Waals surface area contributed by atoms with Crippen LogP contribution in [0, 0.1) is 10.1 Å². The maximum atomic E-state index is 13.8. The van der Waals surface area contributed by atoms with Crippen LogP contribution in [0.1, 0.15) is 106 Å². The molecule has 0 saturated heterocycles. The van der Waals surface area contributed by atoms with E-state index in [1.54, 1.807) is 19.1 Å². The van der Waals surface area contributed by atoms with E-state index in [9.17, 15) is 29.3 Å². The zero-order valence-corrected chi connectivity index (χ0v) is 37.2. The minimum absolute atomic E-state index is 0. The smallest absolute Gasteiger partial charge is 0.338 e. The van der Waals surface area contributed by atoms with Crippen LogP contribution in [0.25, 0.3) is 0 Å². The number of methoxy groups -OCH3 is 2. The molecule has 1 unspecified atom stereocenters. The van der Waals surface area contributed by atoms with Crippen molar-refractivity contribution in [2.75, 3.05) is 41.5 Å². The van der Waals surface area contributed by atoms with E-state index in [1.807, 2.05) is 74.5 Å². The summed E-state index contributed by atoms with van der Waals surface area (Å²) in [6.45, 7) is 10.3. The van der Waals surface area contributed by atoms with Gasteiger partial charge in [-0.25, -0.2) is 4.79 Å². The van der Waals surface area contributed by atoms with Crippen molar-refractivity contribution >= 4 is 53.2 Å². The summed E-state index contributed by atoms with van der Waals surface area (Å²) in [5.74, 6) is -1.18. The Morgan fingerprint density at radius 3 is 1.89 bits per heavy atom. The highest BCUT2D eigenvalue weighted by Crippen LogP contribution is 2.38. The molecule has 4 aromatic rings. The second-order valence-corrected chi connectivity index (χ2v) is 14.7. The Labute approximate surface area is 363 Å². The fraction of sp³-hybridized carbons (Fsp3) is 0.391. The third-order valence-corrected chi connectivity index (χ3v) is 11.0. The summed E-state index contributed by atoms with van der Waals surface area (Å²) < 4.78 is 16.4. The fourth-order valence-corrected chi connectivity index (χ4v) is 7.84. The van der Waals surface area contributed by atoms with Gasteiger partial charge in [0.25, 0.3) is 11.6 Å². The molecule has 4 rings (SSSR count).